The van der Waals surface area contributed by atoms with Crippen molar-refractivity contribution in [2.45, 2.75) is 44.2 Å². The zero-order valence-corrected chi connectivity index (χ0v) is 16.3. The maximum absolute atomic E-state index is 13.0. The molecule has 144 valence electrons. The Morgan fingerprint density at radius 1 is 1.07 bits per heavy atom. The summed E-state index contributed by atoms with van der Waals surface area (Å²) in [6.07, 6.45) is 2.14. The maximum atomic E-state index is 13.0. The van der Waals surface area contributed by atoms with Gasteiger partial charge in [0, 0.05) is 25.2 Å². The van der Waals surface area contributed by atoms with Gasteiger partial charge in [0.1, 0.15) is 0 Å². The molecular formula is C23H30N2O2. The number of benzene rings is 2. The number of amides is 1. The molecule has 0 unspecified atom stereocenters. The van der Waals surface area contributed by atoms with E-state index in [4.69, 9.17) is 0 Å². The molecule has 1 aliphatic rings. The van der Waals surface area contributed by atoms with Crippen molar-refractivity contribution < 1.29 is 9.90 Å². The Hall–Kier alpha value is -2.17. The number of hydrogen-bond donors (Lipinski definition) is 2. The molecule has 1 amide bonds. The van der Waals surface area contributed by atoms with Gasteiger partial charge in [-0.3, -0.25) is 4.79 Å². The van der Waals surface area contributed by atoms with Crippen LogP contribution in [0.15, 0.2) is 60.7 Å². The largest absolute Gasteiger partial charge is 0.379 e. The van der Waals surface area contributed by atoms with Gasteiger partial charge in [-0.1, -0.05) is 60.7 Å². The molecule has 0 spiro atoms. The van der Waals surface area contributed by atoms with Crippen molar-refractivity contribution in [1.82, 2.24) is 10.2 Å². The average Bonchev–Trinajstić information content (AvgIpc) is 2.69. The van der Waals surface area contributed by atoms with Crippen LogP contribution in [0.1, 0.15) is 37.8 Å². The Balaban J connectivity index is 1.61. The molecule has 1 fully saturated rings. The van der Waals surface area contributed by atoms with E-state index in [-0.39, 0.29) is 18.0 Å². The second kappa shape index (κ2) is 8.24. The quantitative estimate of drug-likeness (QED) is 0.792. The second-order valence-corrected chi connectivity index (χ2v) is 8.01. The van der Waals surface area contributed by atoms with Crippen molar-refractivity contribution in [2.24, 2.45) is 0 Å². The molecule has 2 aromatic rings. The number of likely N-dealkylation sites (tertiary alicyclic amines) is 1. The van der Waals surface area contributed by atoms with Crippen molar-refractivity contribution in [1.29, 1.82) is 0 Å². The lowest BCUT2D eigenvalue weighted by Gasteiger charge is -2.40. The highest BCUT2D eigenvalue weighted by Crippen LogP contribution is 2.25. The number of piperidine rings is 1. The predicted octanol–water partition coefficient (Wildman–Crippen LogP) is 3.11. The van der Waals surface area contributed by atoms with Crippen LogP contribution in [-0.2, 0) is 16.8 Å². The number of rotatable bonds is 7. The van der Waals surface area contributed by atoms with Gasteiger partial charge in [0.25, 0.3) is 5.91 Å². The van der Waals surface area contributed by atoms with Crippen molar-refractivity contribution in [2.75, 3.05) is 19.6 Å². The molecule has 4 heteroatoms. The maximum Gasteiger partial charge on any atom is 0.255 e. The Labute approximate surface area is 162 Å². The zero-order valence-electron chi connectivity index (χ0n) is 16.3. The van der Waals surface area contributed by atoms with E-state index in [1.54, 1.807) is 0 Å². The lowest BCUT2D eigenvalue weighted by atomic mass is 9.88. The molecule has 0 radical (unpaired) electrons. The van der Waals surface area contributed by atoms with Crippen LogP contribution in [0.3, 0.4) is 0 Å². The van der Waals surface area contributed by atoms with E-state index in [9.17, 15) is 9.90 Å². The molecular weight excluding hydrogens is 336 g/mol. The van der Waals surface area contributed by atoms with Crippen molar-refractivity contribution >= 4 is 5.91 Å². The van der Waals surface area contributed by atoms with Gasteiger partial charge < -0.3 is 15.3 Å². The summed E-state index contributed by atoms with van der Waals surface area (Å²) in [6, 6.07) is 20.3. The molecule has 1 saturated heterocycles. The number of carbonyl (C=O) groups excluding carboxylic acids is 1. The van der Waals surface area contributed by atoms with E-state index in [1.165, 1.54) is 5.56 Å². The number of nitrogens with one attached hydrogen (secondary N) is 1. The summed E-state index contributed by atoms with van der Waals surface area (Å²) < 4.78 is 0. The van der Waals surface area contributed by atoms with Crippen LogP contribution in [0.25, 0.3) is 0 Å². The van der Waals surface area contributed by atoms with Crippen molar-refractivity contribution in [3.05, 3.63) is 71.8 Å². The van der Waals surface area contributed by atoms with Gasteiger partial charge >= 0.3 is 0 Å². The first-order valence-electron chi connectivity index (χ1n) is 9.77. The van der Waals surface area contributed by atoms with Gasteiger partial charge in [0.15, 0.2) is 5.60 Å². The average molecular weight is 367 g/mol. The first-order valence-corrected chi connectivity index (χ1v) is 9.77. The fraction of sp³-hybridized carbons (Fsp3) is 0.435. The summed E-state index contributed by atoms with van der Waals surface area (Å²) in [5, 5.41) is 14.5. The molecule has 3 rings (SSSR count). The van der Waals surface area contributed by atoms with Crippen LogP contribution in [0.4, 0.5) is 0 Å². The first-order chi connectivity index (χ1) is 12.9. The minimum Gasteiger partial charge on any atom is -0.379 e. The summed E-state index contributed by atoms with van der Waals surface area (Å²) in [5.41, 5.74) is 0.699. The molecule has 1 aliphatic heterocycles. The Kier molecular flexibility index (Phi) is 5.98. The van der Waals surface area contributed by atoms with Gasteiger partial charge in [-0.15, -0.1) is 0 Å². The van der Waals surface area contributed by atoms with Gasteiger partial charge in [-0.2, -0.15) is 0 Å². The van der Waals surface area contributed by atoms with Gasteiger partial charge in [0.2, 0.25) is 0 Å². The fourth-order valence-electron chi connectivity index (χ4n) is 3.68. The van der Waals surface area contributed by atoms with Crippen LogP contribution in [0.2, 0.25) is 0 Å². The highest BCUT2D eigenvalue weighted by molar-refractivity contribution is 5.86. The SMILES string of the molecule is CC(C)(NC[C@]1(O)CCCN(CCc2ccccc2)C1=O)c1ccccc1. The third kappa shape index (κ3) is 4.76. The minimum absolute atomic E-state index is 0.152. The van der Waals surface area contributed by atoms with E-state index >= 15 is 0 Å². The summed E-state index contributed by atoms with van der Waals surface area (Å²) >= 11 is 0. The highest BCUT2D eigenvalue weighted by Gasteiger charge is 2.42. The fourth-order valence-corrected chi connectivity index (χ4v) is 3.68. The topological polar surface area (TPSA) is 52.6 Å². The van der Waals surface area contributed by atoms with Gasteiger partial charge in [-0.05, 0) is 44.2 Å². The lowest BCUT2D eigenvalue weighted by molar-refractivity contribution is -0.156. The molecule has 27 heavy (non-hydrogen) atoms. The molecule has 0 saturated carbocycles. The molecule has 4 nitrogen and oxygen atoms in total. The van der Waals surface area contributed by atoms with Crippen LogP contribution in [0, 0.1) is 0 Å². The lowest BCUT2D eigenvalue weighted by Crippen LogP contribution is -2.60. The van der Waals surface area contributed by atoms with Gasteiger partial charge in [0.05, 0.1) is 0 Å². The normalized spacial score (nSPS) is 20.7. The zero-order chi connectivity index (χ0) is 19.3. The van der Waals surface area contributed by atoms with Gasteiger partial charge in [-0.25, -0.2) is 0 Å². The third-order valence-corrected chi connectivity index (χ3v) is 5.54. The number of nitrogens with zero attached hydrogens (tertiary/aromatic N) is 1. The molecule has 1 heterocycles. The molecule has 1 atom stereocenters. The number of carbonyl (C=O) groups is 1. The summed E-state index contributed by atoms with van der Waals surface area (Å²) in [4.78, 5) is 14.8. The Morgan fingerprint density at radius 3 is 2.37 bits per heavy atom. The number of aliphatic hydroxyl groups is 1. The first kappa shape index (κ1) is 19.6. The number of hydrogen-bond acceptors (Lipinski definition) is 3. The minimum atomic E-state index is -1.33. The van der Waals surface area contributed by atoms with E-state index < -0.39 is 5.60 Å². The molecule has 0 bridgehead atoms. The molecule has 0 aromatic heterocycles. The summed E-state index contributed by atoms with van der Waals surface area (Å²) in [6.45, 7) is 5.77. The van der Waals surface area contributed by atoms with Crippen molar-refractivity contribution in [3.8, 4) is 0 Å². The molecule has 2 aromatic carbocycles. The van der Waals surface area contributed by atoms with Crippen LogP contribution >= 0.6 is 0 Å². The van der Waals surface area contributed by atoms with Crippen LogP contribution in [-0.4, -0.2) is 41.1 Å². The summed E-state index contributed by atoms with van der Waals surface area (Å²) in [5.74, 6) is -0.152. The van der Waals surface area contributed by atoms with E-state index in [0.717, 1.165) is 24.9 Å². The van der Waals surface area contributed by atoms with Crippen LogP contribution in [0.5, 0.6) is 0 Å². The standard InChI is InChI=1S/C23H30N2O2/c1-22(2,20-12-7-4-8-13-20)24-18-23(27)15-9-16-25(21(23)26)17-14-19-10-5-3-6-11-19/h3-8,10-13,24,27H,9,14-18H2,1-2H3/t23-/m1/s1. The monoisotopic (exact) mass is 366 g/mol. The van der Waals surface area contributed by atoms with E-state index in [2.05, 4.69) is 43.4 Å². The van der Waals surface area contributed by atoms with E-state index in [0.29, 0.717) is 13.0 Å². The van der Waals surface area contributed by atoms with Crippen molar-refractivity contribution in [3.63, 3.8) is 0 Å². The Morgan fingerprint density at radius 2 is 1.70 bits per heavy atom. The molecule has 2 N–H and O–H groups in total. The smallest absolute Gasteiger partial charge is 0.255 e. The highest BCUT2D eigenvalue weighted by atomic mass is 16.3. The summed E-state index contributed by atoms with van der Waals surface area (Å²) in [7, 11) is 0. The third-order valence-electron chi connectivity index (χ3n) is 5.54. The molecule has 0 aliphatic carbocycles. The second-order valence-electron chi connectivity index (χ2n) is 8.01. The predicted molar refractivity (Wildman–Crippen MR) is 108 cm³/mol. The van der Waals surface area contributed by atoms with Crippen LogP contribution < -0.4 is 5.32 Å². The van der Waals surface area contributed by atoms with E-state index in [1.807, 2.05) is 41.3 Å². The Bertz CT molecular complexity index is 745.